The Morgan fingerprint density at radius 1 is 1.13 bits per heavy atom. The molecule has 0 bridgehead atoms. The minimum atomic E-state index is -0.495. The third kappa shape index (κ3) is 2.17. The molecule has 6 nitrogen and oxygen atoms in total. The molecule has 0 unspecified atom stereocenters. The molecule has 2 aromatic rings. The summed E-state index contributed by atoms with van der Waals surface area (Å²) in [5, 5.41) is 3.31. The summed E-state index contributed by atoms with van der Waals surface area (Å²) in [5.41, 5.74) is 0.526. The van der Waals surface area contributed by atoms with Crippen LogP contribution in [-0.4, -0.2) is 32.9 Å². The Morgan fingerprint density at radius 2 is 1.83 bits per heavy atom. The summed E-state index contributed by atoms with van der Waals surface area (Å²) < 4.78 is 0. The maximum absolute atomic E-state index is 12.8. The number of aromatic nitrogens is 3. The first-order chi connectivity index (χ1) is 11.1. The molecule has 0 saturated heterocycles. The van der Waals surface area contributed by atoms with Crippen molar-refractivity contribution < 1.29 is 4.79 Å². The fourth-order valence-corrected chi connectivity index (χ4v) is 3.40. The highest BCUT2D eigenvalue weighted by Crippen LogP contribution is 2.44. The Morgan fingerprint density at radius 3 is 2.57 bits per heavy atom. The lowest BCUT2D eigenvalue weighted by molar-refractivity contribution is -0.122. The molecule has 0 spiro atoms. The van der Waals surface area contributed by atoms with Crippen molar-refractivity contribution in [3.05, 3.63) is 42.4 Å². The maximum atomic E-state index is 12.8. The molecule has 23 heavy (non-hydrogen) atoms. The highest BCUT2D eigenvalue weighted by Gasteiger charge is 2.50. The molecule has 2 aromatic heterocycles. The standard InChI is InChI=1S/C17H19N5O/c1-17(2)13-5-3-6-18-14(13)22(15(17)23)12-9-11(10-12)21-16-19-7-4-8-20-16/h3-8,11-12H,9-10H2,1-2H3,(H,19,20,21). The lowest BCUT2D eigenvalue weighted by Gasteiger charge is -2.41. The average Bonchev–Trinajstić information content (AvgIpc) is 2.72. The Bertz CT molecular complexity index is 740. The van der Waals surface area contributed by atoms with Crippen LogP contribution in [0.5, 0.6) is 0 Å². The first kappa shape index (κ1) is 14.1. The summed E-state index contributed by atoms with van der Waals surface area (Å²) in [6.45, 7) is 3.95. The van der Waals surface area contributed by atoms with Gasteiger partial charge in [0.25, 0.3) is 0 Å². The summed E-state index contributed by atoms with van der Waals surface area (Å²) in [6.07, 6.45) is 6.97. The summed E-state index contributed by atoms with van der Waals surface area (Å²) in [7, 11) is 0. The molecule has 1 fully saturated rings. The van der Waals surface area contributed by atoms with Crippen molar-refractivity contribution in [3.63, 3.8) is 0 Å². The second kappa shape index (κ2) is 5.01. The van der Waals surface area contributed by atoms with Gasteiger partial charge in [0.1, 0.15) is 5.82 Å². The largest absolute Gasteiger partial charge is 0.351 e. The fraction of sp³-hybridized carbons (Fsp3) is 0.412. The third-order valence-electron chi connectivity index (χ3n) is 4.82. The van der Waals surface area contributed by atoms with E-state index in [2.05, 4.69) is 20.3 Å². The predicted octanol–water partition coefficient (Wildman–Crippen LogP) is 2.14. The number of hydrogen-bond acceptors (Lipinski definition) is 5. The van der Waals surface area contributed by atoms with E-state index < -0.39 is 5.41 Å². The van der Waals surface area contributed by atoms with Gasteiger partial charge in [-0.15, -0.1) is 0 Å². The molecule has 4 rings (SSSR count). The first-order valence-electron chi connectivity index (χ1n) is 7.90. The van der Waals surface area contributed by atoms with Gasteiger partial charge >= 0.3 is 0 Å². The molecule has 2 aliphatic rings. The number of anilines is 2. The number of amides is 1. The second-order valence-corrected chi connectivity index (χ2v) is 6.71. The molecule has 118 valence electrons. The molecular weight excluding hydrogens is 290 g/mol. The van der Waals surface area contributed by atoms with E-state index in [0.717, 1.165) is 24.2 Å². The third-order valence-corrected chi connectivity index (χ3v) is 4.82. The van der Waals surface area contributed by atoms with Crippen molar-refractivity contribution in [3.8, 4) is 0 Å². The average molecular weight is 309 g/mol. The van der Waals surface area contributed by atoms with Gasteiger partial charge in [-0.3, -0.25) is 9.69 Å². The molecule has 0 aromatic carbocycles. The number of nitrogens with zero attached hydrogens (tertiary/aromatic N) is 4. The molecular formula is C17H19N5O. The van der Waals surface area contributed by atoms with Gasteiger partial charge in [0.15, 0.2) is 0 Å². The zero-order valence-corrected chi connectivity index (χ0v) is 13.2. The summed E-state index contributed by atoms with van der Waals surface area (Å²) in [5.74, 6) is 1.61. The van der Waals surface area contributed by atoms with Gasteiger partial charge < -0.3 is 5.32 Å². The Labute approximate surface area is 135 Å². The quantitative estimate of drug-likeness (QED) is 0.940. The van der Waals surface area contributed by atoms with Gasteiger partial charge in [-0.05, 0) is 38.8 Å². The van der Waals surface area contributed by atoms with Crippen LogP contribution in [-0.2, 0) is 10.2 Å². The zero-order chi connectivity index (χ0) is 16.0. The van der Waals surface area contributed by atoms with Gasteiger partial charge in [0.05, 0.1) is 5.41 Å². The van der Waals surface area contributed by atoms with Crippen LogP contribution in [0.25, 0.3) is 0 Å². The summed E-state index contributed by atoms with van der Waals surface area (Å²) in [4.78, 5) is 27.5. The molecule has 3 heterocycles. The maximum Gasteiger partial charge on any atom is 0.238 e. The van der Waals surface area contributed by atoms with Crippen molar-refractivity contribution in [1.82, 2.24) is 15.0 Å². The molecule has 1 aliphatic heterocycles. The van der Waals surface area contributed by atoms with Gasteiger partial charge in [-0.1, -0.05) is 6.07 Å². The normalized spacial score (nSPS) is 25.0. The van der Waals surface area contributed by atoms with Gasteiger partial charge in [-0.2, -0.15) is 0 Å². The van der Waals surface area contributed by atoms with Crippen LogP contribution >= 0.6 is 0 Å². The molecule has 1 N–H and O–H groups in total. The molecule has 6 heteroatoms. The zero-order valence-electron chi connectivity index (χ0n) is 13.2. The van der Waals surface area contributed by atoms with Crippen LogP contribution in [0.4, 0.5) is 11.8 Å². The van der Waals surface area contributed by atoms with E-state index in [1.54, 1.807) is 24.7 Å². The van der Waals surface area contributed by atoms with E-state index in [4.69, 9.17) is 0 Å². The number of carbonyl (C=O) groups is 1. The van der Waals surface area contributed by atoms with Crippen LogP contribution in [0, 0.1) is 0 Å². The first-order valence-corrected chi connectivity index (χ1v) is 7.90. The number of rotatable bonds is 3. The smallest absolute Gasteiger partial charge is 0.238 e. The molecule has 0 radical (unpaired) electrons. The number of pyridine rings is 1. The van der Waals surface area contributed by atoms with Crippen LogP contribution in [0.3, 0.4) is 0 Å². The highest BCUT2D eigenvalue weighted by atomic mass is 16.2. The highest BCUT2D eigenvalue weighted by molar-refractivity contribution is 6.07. The second-order valence-electron chi connectivity index (χ2n) is 6.71. The fourth-order valence-electron chi connectivity index (χ4n) is 3.40. The number of nitrogens with one attached hydrogen (secondary N) is 1. The summed E-state index contributed by atoms with van der Waals surface area (Å²) >= 11 is 0. The SMILES string of the molecule is CC1(C)C(=O)N(C2CC(Nc3ncccn3)C2)c2ncccc21. The molecule has 1 aliphatic carbocycles. The van der Waals surface area contributed by atoms with E-state index in [1.807, 2.05) is 30.9 Å². The van der Waals surface area contributed by atoms with E-state index in [-0.39, 0.29) is 11.9 Å². The van der Waals surface area contributed by atoms with Crippen molar-refractivity contribution in [2.45, 2.75) is 44.2 Å². The minimum Gasteiger partial charge on any atom is -0.351 e. The van der Waals surface area contributed by atoms with Crippen LogP contribution in [0.2, 0.25) is 0 Å². The van der Waals surface area contributed by atoms with Gasteiger partial charge in [-0.25, -0.2) is 15.0 Å². The number of fused-ring (bicyclic) bond motifs is 1. The van der Waals surface area contributed by atoms with Gasteiger partial charge in [0, 0.05) is 36.2 Å². The molecule has 1 amide bonds. The Balaban J connectivity index is 1.50. The van der Waals surface area contributed by atoms with Crippen LogP contribution in [0.1, 0.15) is 32.3 Å². The van der Waals surface area contributed by atoms with E-state index in [9.17, 15) is 4.79 Å². The van der Waals surface area contributed by atoms with E-state index in [0.29, 0.717) is 12.0 Å². The predicted molar refractivity (Wildman–Crippen MR) is 87.2 cm³/mol. The van der Waals surface area contributed by atoms with Crippen molar-refractivity contribution >= 4 is 17.7 Å². The minimum absolute atomic E-state index is 0.144. The number of carbonyl (C=O) groups excluding carboxylic acids is 1. The van der Waals surface area contributed by atoms with Crippen LogP contribution < -0.4 is 10.2 Å². The lowest BCUT2D eigenvalue weighted by atomic mass is 9.84. The van der Waals surface area contributed by atoms with E-state index >= 15 is 0 Å². The van der Waals surface area contributed by atoms with Crippen LogP contribution in [0.15, 0.2) is 36.8 Å². The van der Waals surface area contributed by atoms with Crippen molar-refractivity contribution in [2.75, 3.05) is 10.2 Å². The van der Waals surface area contributed by atoms with Crippen molar-refractivity contribution in [1.29, 1.82) is 0 Å². The lowest BCUT2D eigenvalue weighted by Crippen LogP contribution is -2.53. The van der Waals surface area contributed by atoms with Gasteiger partial charge in [0.2, 0.25) is 11.9 Å². The molecule has 1 saturated carbocycles. The Hall–Kier alpha value is -2.50. The molecule has 0 atom stereocenters. The topological polar surface area (TPSA) is 71.0 Å². The summed E-state index contributed by atoms with van der Waals surface area (Å²) in [6, 6.07) is 6.19. The van der Waals surface area contributed by atoms with Crippen molar-refractivity contribution in [2.24, 2.45) is 0 Å². The number of hydrogen-bond donors (Lipinski definition) is 1. The Kier molecular flexibility index (Phi) is 3.07. The monoisotopic (exact) mass is 309 g/mol. The van der Waals surface area contributed by atoms with E-state index in [1.165, 1.54) is 0 Å².